The molecule has 0 bridgehead atoms. The van der Waals surface area contributed by atoms with E-state index in [1.165, 1.54) is 11.8 Å². The van der Waals surface area contributed by atoms with E-state index in [4.69, 9.17) is 26.8 Å². The second-order valence-electron chi connectivity index (χ2n) is 7.11. The number of carboxylic acids is 3. The van der Waals surface area contributed by atoms with Crippen molar-refractivity contribution in [2.45, 2.75) is 56.3 Å². The van der Waals surface area contributed by atoms with Crippen LogP contribution >= 0.6 is 11.8 Å². The van der Waals surface area contributed by atoms with Crippen molar-refractivity contribution in [3.8, 4) is 0 Å². The zero-order valence-corrected chi connectivity index (χ0v) is 19.1. The van der Waals surface area contributed by atoms with Gasteiger partial charge in [-0.3, -0.25) is 28.8 Å². The number of carboxylic acid groups (broad SMARTS) is 3. The Morgan fingerprint density at radius 1 is 0.765 bits per heavy atom. The zero-order chi connectivity index (χ0) is 26.4. The van der Waals surface area contributed by atoms with Crippen LogP contribution in [0.1, 0.15) is 32.1 Å². The molecule has 34 heavy (non-hydrogen) atoms. The molecule has 4 atom stereocenters. The highest BCUT2D eigenvalue weighted by Gasteiger charge is 2.31. The second-order valence-corrected chi connectivity index (χ2v) is 8.10. The maximum atomic E-state index is 12.8. The number of rotatable bonds is 17. The number of nitrogens with one attached hydrogen (secondary N) is 3. The van der Waals surface area contributed by atoms with Crippen molar-refractivity contribution in [1.29, 1.82) is 0 Å². The van der Waals surface area contributed by atoms with Crippen LogP contribution in [0.25, 0.3) is 0 Å². The average Bonchev–Trinajstić information content (AvgIpc) is 2.71. The van der Waals surface area contributed by atoms with Gasteiger partial charge in [-0.15, -0.1) is 0 Å². The van der Waals surface area contributed by atoms with E-state index in [1.54, 1.807) is 6.26 Å². The molecule has 0 fully saturated rings. The molecule has 0 rings (SSSR count). The molecule has 15 nitrogen and oxygen atoms in total. The highest BCUT2D eigenvalue weighted by molar-refractivity contribution is 7.98. The van der Waals surface area contributed by atoms with Gasteiger partial charge in [-0.2, -0.15) is 11.8 Å². The van der Waals surface area contributed by atoms with Crippen molar-refractivity contribution in [2.75, 3.05) is 12.0 Å². The number of thioether (sulfide) groups is 1. The molecule has 0 spiro atoms. The van der Waals surface area contributed by atoms with Gasteiger partial charge in [-0.25, -0.2) is 4.79 Å². The van der Waals surface area contributed by atoms with E-state index < -0.39 is 85.0 Å². The van der Waals surface area contributed by atoms with E-state index in [2.05, 4.69) is 10.6 Å². The standard InChI is InChI=1S/C18H29N5O10S/c1-34-5-4-10(17(31)23-11(18(32)33)7-14(27)28)22-16(30)9(2-3-13(25)26)21-15(29)8(19)6-12(20)24/h8-11H,2-7,19H2,1H3,(H2,20,24)(H,21,29)(H,22,30)(H,23,31)(H,25,26)(H,27,28)(H,32,33). The van der Waals surface area contributed by atoms with Gasteiger partial charge < -0.3 is 42.7 Å². The molecule has 192 valence electrons. The number of amides is 4. The maximum Gasteiger partial charge on any atom is 0.326 e. The van der Waals surface area contributed by atoms with Gasteiger partial charge in [0.15, 0.2) is 0 Å². The van der Waals surface area contributed by atoms with Crippen molar-refractivity contribution < 1.29 is 48.9 Å². The maximum absolute atomic E-state index is 12.8. The monoisotopic (exact) mass is 507 g/mol. The van der Waals surface area contributed by atoms with Crippen LogP contribution in [-0.4, -0.2) is 93.0 Å². The Labute approximate surface area is 198 Å². The van der Waals surface area contributed by atoms with Crippen LogP contribution in [0.15, 0.2) is 0 Å². The molecule has 10 N–H and O–H groups in total. The predicted octanol–water partition coefficient (Wildman–Crippen LogP) is -3.18. The molecule has 0 radical (unpaired) electrons. The Morgan fingerprint density at radius 2 is 1.26 bits per heavy atom. The summed E-state index contributed by atoms with van der Waals surface area (Å²) < 4.78 is 0. The molecule has 0 aliphatic rings. The van der Waals surface area contributed by atoms with Crippen LogP contribution in [0, 0.1) is 0 Å². The average molecular weight is 508 g/mol. The van der Waals surface area contributed by atoms with Gasteiger partial charge in [0, 0.05) is 6.42 Å². The van der Waals surface area contributed by atoms with Gasteiger partial charge >= 0.3 is 17.9 Å². The van der Waals surface area contributed by atoms with Crippen LogP contribution in [0.2, 0.25) is 0 Å². The lowest BCUT2D eigenvalue weighted by Crippen LogP contribution is -2.57. The summed E-state index contributed by atoms with van der Waals surface area (Å²) in [5.74, 6) is -7.79. The minimum Gasteiger partial charge on any atom is -0.481 e. The van der Waals surface area contributed by atoms with Gasteiger partial charge in [0.2, 0.25) is 23.6 Å². The Morgan fingerprint density at radius 3 is 1.71 bits per heavy atom. The minimum absolute atomic E-state index is 0.0128. The SMILES string of the molecule is CSCCC(NC(=O)C(CCC(=O)O)NC(=O)C(N)CC(N)=O)C(=O)NC(CC(=O)O)C(=O)O. The van der Waals surface area contributed by atoms with E-state index in [0.717, 1.165) is 0 Å². The van der Waals surface area contributed by atoms with Crippen molar-refractivity contribution in [3.05, 3.63) is 0 Å². The topological polar surface area (TPSA) is 268 Å². The van der Waals surface area contributed by atoms with Crippen LogP contribution in [0.5, 0.6) is 0 Å². The first-order valence-corrected chi connectivity index (χ1v) is 11.3. The minimum atomic E-state index is -1.76. The molecule has 4 amide bonds. The van der Waals surface area contributed by atoms with Crippen molar-refractivity contribution in [3.63, 3.8) is 0 Å². The lowest BCUT2D eigenvalue weighted by atomic mass is 10.1. The third-order valence-electron chi connectivity index (χ3n) is 4.27. The van der Waals surface area contributed by atoms with Crippen molar-refractivity contribution in [2.24, 2.45) is 11.5 Å². The van der Waals surface area contributed by atoms with Crippen LogP contribution < -0.4 is 27.4 Å². The molecule has 0 aliphatic carbocycles. The largest absolute Gasteiger partial charge is 0.481 e. The third kappa shape index (κ3) is 12.6. The first-order chi connectivity index (χ1) is 15.8. The predicted molar refractivity (Wildman–Crippen MR) is 117 cm³/mol. The Balaban J connectivity index is 5.55. The number of hydrogen-bond donors (Lipinski definition) is 8. The van der Waals surface area contributed by atoms with E-state index in [9.17, 15) is 33.6 Å². The summed E-state index contributed by atoms with van der Waals surface area (Å²) in [6, 6.07) is -5.94. The van der Waals surface area contributed by atoms with Crippen LogP contribution in [0.3, 0.4) is 0 Å². The number of hydrogen-bond acceptors (Lipinski definition) is 9. The molecule has 16 heteroatoms. The summed E-state index contributed by atoms with van der Waals surface area (Å²) in [6.45, 7) is 0. The van der Waals surface area contributed by atoms with Gasteiger partial charge in [0.25, 0.3) is 0 Å². The van der Waals surface area contributed by atoms with Crippen molar-refractivity contribution >= 4 is 53.3 Å². The first kappa shape index (κ1) is 30.6. The smallest absolute Gasteiger partial charge is 0.326 e. The normalized spacial score (nSPS) is 14.1. The van der Waals surface area contributed by atoms with E-state index >= 15 is 0 Å². The Hall–Kier alpha value is -3.40. The highest BCUT2D eigenvalue weighted by Crippen LogP contribution is 2.06. The summed E-state index contributed by atoms with van der Waals surface area (Å²) in [5, 5.41) is 33.4. The molecule has 4 unspecified atom stereocenters. The summed E-state index contributed by atoms with van der Waals surface area (Å²) in [6.07, 6.45) is -0.637. The highest BCUT2D eigenvalue weighted by atomic mass is 32.2. The Bertz CT molecular complexity index is 793. The van der Waals surface area contributed by atoms with E-state index in [1.807, 2.05) is 5.32 Å². The fraction of sp³-hybridized carbons (Fsp3) is 0.611. The summed E-state index contributed by atoms with van der Waals surface area (Å²) in [7, 11) is 0. The molecule has 0 aromatic heterocycles. The second kappa shape index (κ2) is 15.4. The molecule has 0 aromatic rings. The quantitative estimate of drug-likeness (QED) is 0.0968. The number of carbonyl (C=O) groups excluding carboxylic acids is 4. The van der Waals surface area contributed by atoms with E-state index in [-0.39, 0.29) is 12.8 Å². The lowest BCUT2D eigenvalue weighted by molar-refractivity contribution is -0.147. The van der Waals surface area contributed by atoms with Crippen LogP contribution in [-0.2, 0) is 33.6 Å². The van der Waals surface area contributed by atoms with Gasteiger partial charge in [-0.05, 0) is 24.9 Å². The molecule has 0 saturated carbocycles. The zero-order valence-electron chi connectivity index (χ0n) is 18.3. The number of primary amides is 1. The third-order valence-corrected chi connectivity index (χ3v) is 4.92. The lowest BCUT2D eigenvalue weighted by Gasteiger charge is -2.24. The number of nitrogens with two attached hydrogens (primary N) is 2. The van der Waals surface area contributed by atoms with Crippen molar-refractivity contribution in [1.82, 2.24) is 16.0 Å². The van der Waals surface area contributed by atoms with Crippen LogP contribution in [0.4, 0.5) is 0 Å². The molecular weight excluding hydrogens is 478 g/mol. The van der Waals surface area contributed by atoms with Gasteiger partial charge in [0.1, 0.15) is 18.1 Å². The molecule has 0 saturated heterocycles. The summed E-state index contributed by atoms with van der Waals surface area (Å²) >= 11 is 1.30. The molecular formula is C18H29N5O10S. The van der Waals surface area contributed by atoms with E-state index in [0.29, 0.717) is 5.75 Å². The number of aliphatic carboxylic acids is 3. The summed E-state index contributed by atoms with van der Waals surface area (Å²) in [4.78, 5) is 81.5. The summed E-state index contributed by atoms with van der Waals surface area (Å²) in [5.41, 5.74) is 10.5. The fourth-order valence-electron chi connectivity index (χ4n) is 2.55. The molecule has 0 heterocycles. The molecule has 0 aliphatic heterocycles. The molecule has 0 aromatic carbocycles. The van der Waals surface area contributed by atoms with Gasteiger partial charge in [-0.1, -0.05) is 0 Å². The number of carbonyl (C=O) groups is 7. The Kier molecular flexibility index (Phi) is 13.9. The van der Waals surface area contributed by atoms with Gasteiger partial charge in [0.05, 0.1) is 18.9 Å². The first-order valence-electron chi connectivity index (χ1n) is 9.88. The fourth-order valence-corrected chi connectivity index (χ4v) is 3.02.